The summed E-state index contributed by atoms with van der Waals surface area (Å²) < 4.78 is 9.14. The van der Waals surface area contributed by atoms with Crippen molar-refractivity contribution in [2.45, 2.75) is 13.5 Å². The third-order valence-electron chi connectivity index (χ3n) is 2.01. The maximum atomic E-state index is 10.7. The Kier molecular flexibility index (Phi) is 8.32. The number of rotatable bonds is 4. The highest BCUT2D eigenvalue weighted by Gasteiger charge is 2.12. The second kappa shape index (κ2) is 9.18. The summed E-state index contributed by atoms with van der Waals surface area (Å²) in [4.78, 5) is 20.3. The Morgan fingerprint density at radius 2 is 2.05 bits per heavy atom. The highest BCUT2D eigenvalue weighted by Crippen LogP contribution is 2.23. The van der Waals surface area contributed by atoms with E-state index in [-0.39, 0.29) is 12.1 Å². The van der Waals surface area contributed by atoms with Gasteiger partial charge in [-0.15, -0.1) is 0 Å². The van der Waals surface area contributed by atoms with Gasteiger partial charge in [-0.2, -0.15) is 0 Å². The quantitative estimate of drug-likeness (QED) is 0.825. The molecule has 0 atom stereocenters. The molecular weight excluding hydrogens is 274 g/mol. The fraction of sp³-hybridized carbons (Fsp3) is 0.333. The van der Waals surface area contributed by atoms with Crippen LogP contribution in [0.25, 0.3) is 0 Å². The monoisotopic (exact) mass is 289 g/mol. The molecule has 0 bridgehead atoms. The first-order chi connectivity index (χ1) is 8.97. The number of para-hydroxylation sites is 1. The molecular formula is C12H16ClNO5. The molecule has 1 rings (SSSR count). The molecule has 0 saturated carbocycles. The SMILES string of the molecule is CCOC(=O)Cl.COc1c(CN)cccc1C(=O)O. The maximum absolute atomic E-state index is 10.7. The number of carboxylic acid groups (broad SMARTS) is 1. The fourth-order valence-corrected chi connectivity index (χ4v) is 1.38. The van der Waals surface area contributed by atoms with E-state index < -0.39 is 11.4 Å². The molecule has 0 aliphatic carbocycles. The molecule has 106 valence electrons. The van der Waals surface area contributed by atoms with Gasteiger partial charge in [-0.05, 0) is 13.0 Å². The lowest BCUT2D eigenvalue weighted by Gasteiger charge is -2.08. The van der Waals surface area contributed by atoms with Crippen LogP contribution in [0.2, 0.25) is 0 Å². The highest BCUT2D eigenvalue weighted by atomic mass is 35.5. The first kappa shape index (κ1) is 17.2. The summed E-state index contributed by atoms with van der Waals surface area (Å²) in [6, 6.07) is 4.87. The fourth-order valence-electron chi connectivity index (χ4n) is 1.27. The Balaban J connectivity index is 0.000000459. The molecule has 0 heterocycles. The van der Waals surface area contributed by atoms with Crippen LogP contribution in [0.15, 0.2) is 18.2 Å². The van der Waals surface area contributed by atoms with Crippen molar-refractivity contribution in [3.8, 4) is 5.75 Å². The van der Waals surface area contributed by atoms with Crippen molar-refractivity contribution in [1.29, 1.82) is 0 Å². The van der Waals surface area contributed by atoms with Crippen molar-refractivity contribution >= 4 is 23.0 Å². The normalized spacial score (nSPS) is 9.05. The molecule has 0 aliphatic rings. The molecule has 1 aromatic carbocycles. The van der Waals surface area contributed by atoms with Gasteiger partial charge in [-0.25, -0.2) is 9.59 Å². The number of carboxylic acids is 1. The second-order valence-corrected chi connectivity index (χ2v) is 3.49. The van der Waals surface area contributed by atoms with E-state index in [2.05, 4.69) is 4.74 Å². The molecule has 0 aliphatic heterocycles. The van der Waals surface area contributed by atoms with Gasteiger partial charge in [0.05, 0.1) is 13.7 Å². The van der Waals surface area contributed by atoms with E-state index in [4.69, 9.17) is 27.2 Å². The van der Waals surface area contributed by atoms with Crippen LogP contribution in [0.5, 0.6) is 5.75 Å². The van der Waals surface area contributed by atoms with Crippen LogP contribution < -0.4 is 10.5 Å². The van der Waals surface area contributed by atoms with Crippen molar-refractivity contribution in [2.75, 3.05) is 13.7 Å². The summed E-state index contributed by atoms with van der Waals surface area (Å²) in [7, 11) is 1.43. The molecule has 0 amide bonds. The zero-order valence-electron chi connectivity index (χ0n) is 10.7. The van der Waals surface area contributed by atoms with Gasteiger partial charge < -0.3 is 20.3 Å². The lowest BCUT2D eigenvalue weighted by Crippen LogP contribution is -2.06. The number of carbonyl (C=O) groups excluding carboxylic acids is 1. The number of carbonyl (C=O) groups is 2. The zero-order valence-corrected chi connectivity index (χ0v) is 11.4. The molecule has 0 spiro atoms. The van der Waals surface area contributed by atoms with Crippen molar-refractivity contribution in [2.24, 2.45) is 5.73 Å². The Morgan fingerprint density at radius 1 is 1.42 bits per heavy atom. The minimum atomic E-state index is -1.01. The number of ether oxygens (including phenoxy) is 2. The van der Waals surface area contributed by atoms with E-state index in [1.165, 1.54) is 13.2 Å². The second-order valence-electron chi connectivity index (χ2n) is 3.18. The van der Waals surface area contributed by atoms with Gasteiger partial charge in [0.2, 0.25) is 0 Å². The molecule has 0 aromatic heterocycles. The number of nitrogens with two attached hydrogens (primary N) is 1. The minimum Gasteiger partial charge on any atom is -0.496 e. The molecule has 0 unspecified atom stereocenters. The van der Waals surface area contributed by atoms with E-state index in [9.17, 15) is 9.59 Å². The topological polar surface area (TPSA) is 98.9 Å². The van der Waals surface area contributed by atoms with Crippen LogP contribution in [0.3, 0.4) is 0 Å². The third kappa shape index (κ3) is 6.08. The Morgan fingerprint density at radius 3 is 2.37 bits per heavy atom. The van der Waals surface area contributed by atoms with Gasteiger partial charge >= 0.3 is 11.4 Å². The average Bonchev–Trinajstić information content (AvgIpc) is 2.38. The molecule has 0 fully saturated rings. The lowest BCUT2D eigenvalue weighted by molar-refractivity contribution is 0.0693. The zero-order chi connectivity index (χ0) is 14.8. The number of benzene rings is 1. The van der Waals surface area contributed by atoms with Crippen molar-refractivity contribution < 1.29 is 24.2 Å². The van der Waals surface area contributed by atoms with E-state index in [0.717, 1.165) is 0 Å². The summed E-state index contributed by atoms with van der Waals surface area (Å²) >= 11 is 4.72. The van der Waals surface area contributed by atoms with E-state index in [1.807, 2.05) is 0 Å². The number of hydrogen-bond acceptors (Lipinski definition) is 5. The van der Waals surface area contributed by atoms with Crippen molar-refractivity contribution in [3.05, 3.63) is 29.3 Å². The number of halogens is 1. The van der Waals surface area contributed by atoms with Gasteiger partial charge in [0.15, 0.2) is 0 Å². The summed E-state index contributed by atoms with van der Waals surface area (Å²) in [6.07, 6.45) is 0. The molecule has 6 nitrogen and oxygen atoms in total. The van der Waals surface area contributed by atoms with Gasteiger partial charge in [0, 0.05) is 23.7 Å². The van der Waals surface area contributed by atoms with Gasteiger partial charge in [-0.3, -0.25) is 0 Å². The van der Waals surface area contributed by atoms with Crippen LogP contribution in [0, 0.1) is 0 Å². The number of aromatic carboxylic acids is 1. The molecule has 0 saturated heterocycles. The molecule has 0 radical (unpaired) electrons. The average molecular weight is 290 g/mol. The third-order valence-corrected chi connectivity index (χ3v) is 2.12. The predicted molar refractivity (Wildman–Crippen MR) is 70.7 cm³/mol. The van der Waals surface area contributed by atoms with E-state index in [1.54, 1.807) is 19.1 Å². The first-order valence-electron chi connectivity index (χ1n) is 5.39. The Bertz CT molecular complexity index is 436. The smallest absolute Gasteiger partial charge is 0.403 e. The number of hydrogen-bond donors (Lipinski definition) is 2. The summed E-state index contributed by atoms with van der Waals surface area (Å²) in [5.41, 5.74) is 5.52. The summed E-state index contributed by atoms with van der Waals surface area (Å²) in [5.74, 6) is -0.662. The Hall–Kier alpha value is -1.79. The maximum Gasteiger partial charge on any atom is 0.403 e. The van der Waals surface area contributed by atoms with E-state index in [0.29, 0.717) is 17.9 Å². The van der Waals surface area contributed by atoms with Gasteiger partial charge in [-0.1, -0.05) is 12.1 Å². The van der Waals surface area contributed by atoms with Crippen molar-refractivity contribution in [3.63, 3.8) is 0 Å². The minimum absolute atomic E-state index is 0.144. The van der Waals surface area contributed by atoms with Crippen LogP contribution >= 0.6 is 11.6 Å². The molecule has 7 heteroatoms. The van der Waals surface area contributed by atoms with Crippen LogP contribution in [-0.2, 0) is 11.3 Å². The van der Waals surface area contributed by atoms with Crippen LogP contribution in [0.4, 0.5) is 4.79 Å². The lowest BCUT2D eigenvalue weighted by atomic mass is 10.1. The van der Waals surface area contributed by atoms with E-state index >= 15 is 0 Å². The highest BCUT2D eigenvalue weighted by molar-refractivity contribution is 6.61. The van der Waals surface area contributed by atoms with Crippen LogP contribution in [0.1, 0.15) is 22.8 Å². The van der Waals surface area contributed by atoms with Gasteiger partial charge in [0.25, 0.3) is 0 Å². The standard InChI is InChI=1S/C9H11NO3.C3H5ClO2/c1-13-8-6(5-10)3-2-4-7(8)9(11)12;1-2-6-3(4)5/h2-4H,5,10H2,1H3,(H,11,12);2H2,1H3. The first-order valence-corrected chi connectivity index (χ1v) is 5.77. The summed E-state index contributed by atoms with van der Waals surface area (Å²) in [6.45, 7) is 2.31. The molecule has 1 aromatic rings. The Labute approximate surface area is 116 Å². The molecule has 19 heavy (non-hydrogen) atoms. The molecule has 3 N–H and O–H groups in total. The van der Waals surface area contributed by atoms with Crippen LogP contribution in [-0.4, -0.2) is 30.2 Å². The largest absolute Gasteiger partial charge is 0.496 e. The number of methoxy groups -OCH3 is 1. The predicted octanol–water partition coefficient (Wildman–Crippen LogP) is 2.23. The summed E-state index contributed by atoms with van der Waals surface area (Å²) in [5, 5.41) is 8.80. The van der Waals surface area contributed by atoms with Crippen molar-refractivity contribution in [1.82, 2.24) is 0 Å². The van der Waals surface area contributed by atoms with Gasteiger partial charge in [0.1, 0.15) is 11.3 Å².